The Bertz CT molecular complexity index is 308. The third-order valence-corrected chi connectivity index (χ3v) is 1.65. The van der Waals surface area contributed by atoms with Gasteiger partial charge < -0.3 is 4.74 Å². The van der Waals surface area contributed by atoms with E-state index < -0.39 is 0 Å². The molecule has 0 aliphatic carbocycles. The van der Waals surface area contributed by atoms with E-state index in [1.165, 1.54) is 7.11 Å². The van der Waals surface area contributed by atoms with Crippen LogP contribution in [-0.2, 0) is 11.3 Å². The Labute approximate surface area is 101 Å². The number of hydrogen-bond donors (Lipinski definition) is 2. The maximum absolute atomic E-state index is 11.1. The summed E-state index contributed by atoms with van der Waals surface area (Å²) in [6, 6.07) is 7.11. The van der Waals surface area contributed by atoms with Gasteiger partial charge in [0.1, 0.15) is 0 Å². The molecule has 0 atom stereocenters. The van der Waals surface area contributed by atoms with Crippen LogP contribution in [0.15, 0.2) is 24.3 Å². The molecule has 0 aliphatic rings. The SMILES string of the molecule is COC(=O)c1cccc(CNN)c1.Cl.Cl. The van der Waals surface area contributed by atoms with Gasteiger partial charge in [0.25, 0.3) is 0 Å². The summed E-state index contributed by atoms with van der Waals surface area (Å²) < 4.78 is 4.58. The van der Waals surface area contributed by atoms with E-state index in [0.717, 1.165) is 5.56 Å². The lowest BCUT2D eigenvalue weighted by Crippen LogP contribution is -2.20. The van der Waals surface area contributed by atoms with E-state index >= 15 is 0 Å². The predicted octanol–water partition coefficient (Wildman–Crippen LogP) is 1.28. The van der Waals surface area contributed by atoms with Crippen LogP contribution in [0.4, 0.5) is 0 Å². The lowest BCUT2D eigenvalue weighted by molar-refractivity contribution is 0.0600. The van der Waals surface area contributed by atoms with Crippen molar-refractivity contribution in [3.05, 3.63) is 35.4 Å². The van der Waals surface area contributed by atoms with Crippen molar-refractivity contribution in [2.24, 2.45) is 5.84 Å². The van der Waals surface area contributed by atoms with Gasteiger partial charge in [0.15, 0.2) is 0 Å². The zero-order chi connectivity index (χ0) is 9.68. The molecule has 0 spiro atoms. The van der Waals surface area contributed by atoms with E-state index in [9.17, 15) is 4.79 Å². The molecule has 0 saturated heterocycles. The Morgan fingerprint density at radius 3 is 2.67 bits per heavy atom. The summed E-state index contributed by atoms with van der Waals surface area (Å²) in [5.41, 5.74) is 4.00. The van der Waals surface area contributed by atoms with Crippen molar-refractivity contribution in [2.45, 2.75) is 6.54 Å². The summed E-state index contributed by atoms with van der Waals surface area (Å²) >= 11 is 0. The van der Waals surface area contributed by atoms with Crippen molar-refractivity contribution < 1.29 is 9.53 Å². The third-order valence-electron chi connectivity index (χ3n) is 1.65. The largest absolute Gasteiger partial charge is 0.465 e. The van der Waals surface area contributed by atoms with Crippen LogP contribution < -0.4 is 11.3 Å². The van der Waals surface area contributed by atoms with Gasteiger partial charge in [-0.3, -0.25) is 11.3 Å². The van der Waals surface area contributed by atoms with E-state index in [0.29, 0.717) is 12.1 Å². The summed E-state index contributed by atoms with van der Waals surface area (Å²) in [5.74, 6) is 4.82. The first kappa shape index (κ1) is 16.6. The van der Waals surface area contributed by atoms with Crippen molar-refractivity contribution in [3.8, 4) is 0 Å². The number of benzene rings is 1. The number of nitrogens with two attached hydrogens (primary N) is 1. The molecule has 0 aliphatic heterocycles. The Hall–Kier alpha value is -0.810. The van der Waals surface area contributed by atoms with Gasteiger partial charge in [-0.05, 0) is 17.7 Å². The lowest BCUT2D eigenvalue weighted by Gasteiger charge is -2.02. The van der Waals surface area contributed by atoms with Crippen molar-refractivity contribution in [2.75, 3.05) is 7.11 Å². The smallest absolute Gasteiger partial charge is 0.337 e. The van der Waals surface area contributed by atoms with Gasteiger partial charge in [-0.15, -0.1) is 24.8 Å². The molecule has 1 aromatic carbocycles. The van der Waals surface area contributed by atoms with Crippen LogP contribution in [0.5, 0.6) is 0 Å². The van der Waals surface area contributed by atoms with Crippen LogP contribution in [0.25, 0.3) is 0 Å². The Balaban J connectivity index is 0. The average Bonchev–Trinajstić information content (AvgIpc) is 2.18. The first-order valence-electron chi connectivity index (χ1n) is 3.88. The fourth-order valence-corrected chi connectivity index (χ4v) is 1.04. The highest BCUT2D eigenvalue weighted by molar-refractivity contribution is 5.89. The zero-order valence-electron chi connectivity index (χ0n) is 8.23. The monoisotopic (exact) mass is 252 g/mol. The highest BCUT2D eigenvalue weighted by Gasteiger charge is 2.04. The van der Waals surface area contributed by atoms with Gasteiger partial charge in [-0.2, -0.15) is 0 Å². The number of hydrazine groups is 1. The van der Waals surface area contributed by atoms with Crippen LogP contribution in [0.1, 0.15) is 15.9 Å². The van der Waals surface area contributed by atoms with Gasteiger partial charge in [0, 0.05) is 6.54 Å². The second-order valence-electron chi connectivity index (χ2n) is 2.57. The highest BCUT2D eigenvalue weighted by atomic mass is 35.5. The predicted molar refractivity (Wildman–Crippen MR) is 63.3 cm³/mol. The highest BCUT2D eigenvalue weighted by Crippen LogP contribution is 2.05. The Kier molecular flexibility index (Phi) is 9.41. The van der Waals surface area contributed by atoms with Crippen LogP contribution in [0.3, 0.4) is 0 Å². The summed E-state index contributed by atoms with van der Waals surface area (Å²) in [5, 5.41) is 0. The molecule has 0 radical (unpaired) electrons. The minimum absolute atomic E-state index is 0. The van der Waals surface area contributed by atoms with Crippen molar-refractivity contribution in [3.63, 3.8) is 0 Å². The number of nitrogens with one attached hydrogen (secondary N) is 1. The molecule has 0 fully saturated rings. The fraction of sp³-hybridized carbons (Fsp3) is 0.222. The van der Waals surface area contributed by atoms with E-state index in [1.807, 2.05) is 6.07 Å². The number of carbonyl (C=O) groups excluding carboxylic acids is 1. The molecule has 1 aromatic rings. The van der Waals surface area contributed by atoms with Crippen LogP contribution in [0, 0.1) is 0 Å². The van der Waals surface area contributed by atoms with E-state index in [2.05, 4.69) is 10.2 Å². The second-order valence-corrected chi connectivity index (χ2v) is 2.57. The molecular weight excluding hydrogens is 239 g/mol. The summed E-state index contributed by atoms with van der Waals surface area (Å²) in [6.45, 7) is 0.533. The molecule has 1 rings (SSSR count). The quantitative estimate of drug-likeness (QED) is 0.484. The first-order chi connectivity index (χ1) is 6.27. The second kappa shape index (κ2) is 8.49. The number of rotatable bonds is 3. The Morgan fingerprint density at radius 1 is 1.47 bits per heavy atom. The molecule has 15 heavy (non-hydrogen) atoms. The van der Waals surface area contributed by atoms with E-state index in [4.69, 9.17) is 5.84 Å². The van der Waals surface area contributed by atoms with Crippen LogP contribution >= 0.6 is 24.8 Å². The molecule has 0 unspecified atom stereocenters. The molecule has 0 heterocycles. The van der Waals surface area contributed by atoms with Gasteiger partial charge in [0.05, 0.1) is 12.7 Å². The number of esters is 1. The standard InChI is InChI=1S/C9H12N2O2.2ClH/c1-13-9(12)8-4-2-3-7(5-8)6-11-10;;/h2-5,11H,6,10H2,1H3;2*1H. The molecule has 4 nitrogen and oxygen atoms in total. The lowest BCUT2D eigenvalue weighted by atomic mass is 10.1. The molecule has 6 heteroatoms. The summed E-state index contributed by atoms with van der Waals surface area (Å²) in [7, 11) is 1.36. The zero-order valence-corrected chi connectivity index (χ0v) is 9.86. The first-order valence-corrected chi connectivity index (χ1v) is 3.88. The number of methoxy groups -OCH3 is 1. The van der Waals surface area contributed by atoms with E-state index in [1.54, 1.807) is 18.2 Å². The number of carbonyl (C=O) groups is 1. The number of ether oxygens (including phenoxy) is 1. The normalized spacial score (nSPS) is 8.40. The molecule has 0 saturated carbocycles. The molecule has 0 bridgehead atoms. The summed E-state index contributed by atoms with van der Waals surface area (Å²) in [6.07, 6.45) is 0. The van der Waals surface area contributed by atoms with Crippen molar-refractivity contribution in [1.82, 2.24) is 5.43 Å². The third kappa shape index (κ3) is 4.99. The maximum Gasteiger partial charge on any atom is 0.337 e. The van der Waals surface area contributed by atoms with E-state index in [-0.39, 0.29) is 30.8 Å². The molecule has 0 aromatic heterocycles. The topological polar surface area (TPSA) is 64.3 Å². The van der Waals surface area contributed by atoms with Crippen molar-refractivity contribution >= 4 is 30.8 Å². The van der Waals surface area contributed by atoms with Gasteiger partial charge in [-0.1, -0.05) is 12.1 Å². The molecule has 0 amide bonds. The molecule has 86 valence electrons. The van der Waals surface area contributed by atoms with Crippen LogP contribution in [-0.4, -0.2) is 13.1 Å². The van der Waals surface area contributed by atoms with Crippen LogP contribution in [0.2, 0.25) is 0 Å². The minimum atomic E-state index is -0.334. The number of hydrogen-bond acceptors (Lipinski definition) is 4. The van der Waals surface area contributed by atoms with Gasteiger partial charge in [-0.25, -0.2) is 4.79 Å². The molecular formula is C9H14Cl2N2O2. The summed E-state index contributed by atoms with van der Waals surface area (Å²) in [4.78, 5) is 11.1. The number of halogens is 2. The van der Waals surface area contributed by atoms with Gasteiger partial charge in [0.2, 0.25) is 0 Å². The Morgan fingerprint density at radius 2 is 2.13 bits per heavy atom. The minimum Gasteiger partial charge on any atom is -0.465 e. The average molecular weight is 253 g/mol. The fourth-order valence-electron chi connectivity index (χ4n) is 1.04. The van der Waals surface area contributed by atoms with Gasteiger partial charge >= 0.3 is 5.97 Å². The molecule has 3 N–H and O–H groups in total. The maximum atomic E-state index is 11.1. The van der Waals surface area contributed by atoms with Crippen molar-refractivity contribution in [1.29, 1.82) is 0 Å².